The van der Waals surface area contributed by atoms with Crippen LogP contribution in [0, 0.1) is 0 Å². The van der Waals surface area contributed by atoms with E-state index in [0.717, 1.165) is 49.1 Å². The number of nitrogens with two attached hydrogens (primary N) is 1. The third kappa shape index (κ3) is 2.66. The Hall–Kier alpha value is -2.14. The fourth-order valence-electron chi connectivity index (χ4n) is 2.14. The Balaban J connectivity index is 1.82. The Labute approximate surface area is 112 Å². The first kappa shape index (κ1) is 11.9. The fourth-order valence-corrected chi connectivity index (χ4v) is 2.14. The molecule has 1 saturated heterocycles. The monoisotopic (exact) mass is 256 g/mol. The number of hydrogen-bond donors (Lipinski definition) is 1. The van der Waals surface area contributed by atoms with Crippen LogP contribution in [0.2, 0.25) is 0 Å². The number of hydrogen-bond acceptors (Lipinski definition) is 5. The average molecular weight is 256 g/mol. The standard InChI is InChI=1S/C14H16N4O/c15-12-3-1-2-11(10-12)13-4-5-14(17-16-13)18-6-8-19-9-7-18/h1-5,10H,6-9,15H2. The van der Waals surface area contributed by atoms with Gasteiger partial charge in [0, 0.05) is 24.3 Å². The van der Waals surface area contributed by atoms with E-state index in [4.69, 9.17) is 10.5 Å². The van der Waals surface area contributed by atoms with E-state index in [1.807, 2.05) is 36.4 Å². The second-order valence-electron chi connectivity index (χ2n) is 4.50. The van der Waals surface area contributed by atoms with E-state index in [9.17, 15) is 0 Å². The Morgan fingerprint density at radius 3 is 2.58 bits per heavy atom. The van der Waals surface area contributed by atoms with Crippen LogP contribution < -0.4 is 10.6 Å². The molecule has 1 aromatic heterocycles. The summed E-state index contributed by atoms with van der Waals surface area (Å²) >= 11 is 0. The molecule has 1 aliphatic heterocycles. The molecular weight excluding hydrogens is 240 g/mol. The molecule has 98 valence electrons. The van der Waals surface area contributed by atoms with Crippen molar-refractivity contribution in [2.45, 2.75) is 0 Å². The number of aromatic nitrogens is 2. The lowest BCUT2D eigenvalue weighted by Crippen LogP contribution is -2.36. The highest BCUT2D eigenvalue weighted by molar-refractivity contribution is 5.64. The van der Waals surface area contributed by atoms with E-state index in [-0.39, 0.29) is 0 Å². The van der Waals surface area contributed by atoms with Crippen molar-refractivity contribution in [2.75, 3.05) is 36.9 Å². The third-order valence-corrected chi connectivity index (χ3v) is 3.17. The van der Waals surface area contributed by atoms with Crippen LogP contribution >= 0.6 is 0 Å². The van der Waals surface area contributed by atoms with Gasteiger partial charge in [-0.05, 0) is 24.3 Å². The lowest BCUT2D eigenvalue weighted by Gasteiger charge is -2.27. The zero-order chi connectivity index (χ0) is 13.1. The number of ether oxygens (including phenoxy) is 1. The SMILES string of the molecule is Nc1cccc(-c2ccc(N3CCOCC3)nn2)c1. The molecule has 0 spiro atoms. The minimum absolute atomic E-state index is 0.733. The van der Waals surface area contributed by atoms with Crippen molar-refractivity contribution in [3.8, 4) is 11.3 Å². The number of nitrogens with zero attached hydrogens (tertiary/aromatic N) is 3. The van der Waals surface area contributed by atoms with Crippen molar-refractivity contribution < 1.29 is 4.74 Å². The summed E-state index contributed by atoms with van der Waals surface area (Å²) in [4.78, 5) is 2.18. The van der Waals surface area contributed by atoms with E-state index in [1.54, 1.807) is 0 Å². The topological polar surface area (TPSA) is 64.3 Å². The van der Waals surface area contributed by atoms with E-state index < -0.39 is 0 Å². The molecule has 0 atom stereocenters. The molecule has 1 aliphatic rings. The van der Waals surface area contributed by atoms with Crippen LogP contribution in [-0.4, -0.2) is 36.5 Å². The van der Waals surface area contributed by atoms with Crippen molar-refractivity contribution >= 4 is 11.5 Å². The molecule has 0 radical (unpaired) electrons. The van der Waals surface area contributed by atoms with Gasteiger partial charge in [0.25, 0.3) is 0 Å². The highest BCUT2D eigenvalue weighted by Crippen LogP contribution is 2.20. The molecule has 1 fully saturated rings. The van der Waals surface area contributed by atoms with Gasteiger partial charge in [-0.15, -0.1) is 10.2 Å². The van der Waals surface area contributed by atoms with Gasteiger partial charge in [0.1, 0.15) is 0 Å². The van der Waals surface area contributed by atoms with Gasteiger partial charge in [-0.1, -0.05) is 12.1 Å². The van der Waals surface area contributed by atoms with Crippen molar-refractivity contribution in [1.29, 1.82) is 0 Å². The van der Waals surface area contributed by atoms with Crippen molar-refractivity contribution in [3.05, 3.63) is 36.4 Å². The van der Waals surface area contributed by atoms with Gasteiger partial charge in [0.05, 0.1) is 18.9 Å². The molecule has 5 nitrogen and oxygen atoms in total. The van der Waals surface area contributed by atoms with Gasteiger partial charge in [-0.3, -0.25) is 0 Å². The number of rotatable bonds is 2. The van der Waals surface area contributed by atoms with E-state index >= 15 is 0 Å². The molecule has 3 rings (SSSR count). The van der Waals surface area contributed by atoms with E-state index in [0.29, 0.717) is 0 Å². The highest BCUT2D eigenvalue weighted by Gasteiger charge is 2.12. The molecule has 0 saturated carbocycles. The molecule has 2 aromatic rings. The first-order chi connectivity index (χ1) is 9.33. The van der Waals surface area contributed by atoms with Gasteiger partial charge < -0.3 is 15.4 Å². The van der Waals surface area contributed by atoms with Crippen LogP contribution in [0.3, 0.4) is 0 Å². The minimum atomic E-state index is 0.733. The number of morpholine rings is 1. The van der Waals surface area contributed by atoms with E-state index in [1.165, 1.54) is 0 Å². The van der Waals surface area contributed by atoms with Gasteiger partial charge >= 0.3 is 0 Å². The zero-order valence-corrected chi connectivity index (χ0v) is 10.6. The summed E-state index contributed by atoms with van der Waals surface area (Å²) < 4.78 is 5.32. The Kier molecular flexibility index (Phi) is 3.29. The smallest absolute Gasteiger partial charge is 0.151 e. The summed E-state index contributed by atoms with van der Waals surface area (Å²) in [6.45, 7) is 3.23. The molecule has 5 heteroatoms. The Bertz CT molecular complexity index is 550. The summed E-state index contributed by atoms with van der Waals surface area (Å²) in [5, 5.41) is 8.57. The summed E-state index contributed by atoms with van der Waals surface area (Å²) in [7, 11) is 0. The lowest BCUT2D eigenvalue weighted by molar-refractivity contribution is 0.122. The first-order valence-electron chi connectivity index (χ1n) is 6.35. The quantitative estimate of drug-likeness (QED) is 0.826. The van der Waals surface area contributed by atoms with Crippen LogP contribution in [-0.2, 0) is 4.74 Å². The highest BCUT2D eigenvalue weighted by atomic mass is 16.5. The molecule has 2 heterocycles. The molecular formula is C14H16N4O. The summed E-state index contributed by atoms with van der Waals surface area (Å²) in [5.41, 5.74) is 8.33. The molecule has 0 amide bonds. The number of nitrogen functional groups attached to an aromatic ring is 1. The van der Waals surface area contributed by atoms with E-state index in [2.05, 4.69) is 15.1 Å². The van der Waals surface area contributed by atoms with Crippen molar-refractivity contribution in [2.24, 2.45) is 0 Å². The molecule has 0 unspecified atom stereocenters. The van der Waals surface area contributed by atoms with Gasteiger partial charge in [0.2, 0.25) is 0 Å². The van der Waals surface area contributed by atoms with Gasteiger partial charge in [-0.2, -0.15) is 0 Å². The summed E-state index contributed by atoms with van der Waals surface area (Å²) in [5.74, 6) is 0.899. The normalized spacial score (nSPS) is 15.5. The van der Waals surface area contributed by atoms with Crippen LogP contribution in [0.5, 0.6) is 0 Å². The lowest BCUT2D eigenvalue weighted by atomic mass is 10.1. The number of anilines is 2. The molecule has 2 N–H and O–H groups in total. The predicted octanol–water partition coefficient (Wildman–Crippen LogP) is 1.56. The summed E-state index contributed by atoms with van der Waals surface area (Å²) in [6.07, 6.45) is 0. The van der Waals surface area contributed by atoms with Crippen LogP contribution in [0.15, 0.2) is 36.4 Å². The zero-order valence-electron chi connectivity index (χ0n) is 10.6. The second-order valence-corrected chi connectivity index (χ2v) is 4.50. The maximum atomic E-state index is 5.77. The summed E-state index contributed by atoms with van der Waals surface area (Å²) in [6, 6.07) is 11.6. The molecule has 1 aromatic carbocycles. The van der Waals surface area contributed by atoms with Crippen molar-refractivity contribution in [3.63, 3.8) is 0 Å². The molecule has 0 bridgehead atoms. The maximum absolute atomic E-state index is 5.77. The van der Waals surface area contributed by atoms with Crippen LogP contribution in [0.25, 0.3) is 11.3 Å². The largest absolute Gasteiger partial charge is 0.399 e. The number of benzene rings is 1. The maximum Gasteiger partial charge on any atom is 0.151 e. The van der Waals surface area contributed by atoms with Crippen LogP contribution in [0.4, 0.5) is 11.5 Å². The average Bonchev–Trinajstić information content (AvgIpc) is 2.48. The van der Waals surface area contributed by atoms with Crippen LogP contribution in [0.1, 0.15) is 0 Å². The Morgan fingerprint density at radius 1 is 1.05 bits per heavy atom. The second kappa shape index (κ2) is 5.24. The Morgan fingerprint density at radius 2 is 1.89 bits per heavy atom. The molecule has 0 aliphatic carbocycles. The van der Waals surface area contributed by atoms with Gasteiger partial charge in [0.15, 0.2) is 5.82 Å². The first-order valence-corrected chi connectivity index (χ1v) is 6.35. The predicted molar refractivity (Wildman–Crippen MR) is 74.9 cm³/mol. The molecule has 19 heavy (non-hydrogen) atoms. The third-order valence-electron chi connectivity index (χ3n) is 3.17. The fraction of sp³-hybridized carbons (Fsp3) is 0.286. The van der Waals surface area contributed by atoms with Crippen molar-refractivity contribution in [1.82, 2.24) is 10.2 Å². The minimum Gasteiger partial charge on any atom is -0.399 e. The van der Waals surface area contributed by atoms with Gasteiger partial charge in [-0.25, -0.2) is 0 Å².